The van der Waals surface area contributed by atoms with Gasteiger partial charge in [-0.25, -0.2) is 5.84 Å². The topological polar surface area (TPSA) is 94.9 Å². The summed E-state index contributed by atoms with van der Waals surface area (Å²) >= 11 is 0. The number of ether oxygens (including phenoxy) is 2. The standard InChI is InChI=1S/C9H14N4O2/c1-14-7-4-3-6(5-8(7)15-2)9(12-10)13-11/h3-5H,10-11H2,1-2H3,(H,12,13). The molecule has 1 rings (SSSR count). The zero-order chi connectivity index (χ0) is 11.3. The maximum atomic E-state index is 5.24. The number of nitrogens with zero attached hydrogens (tertiary/aromatic N) is 1. The number of hydrogen-bond donors (Lipinski definition) is 3. The van der Waals surface area contributed by atoms with Gasteiger partial charge in [0.05, 0.1) is 14.2 Å². The smallest absolute Gasteiger partial charge is 0.166 e. The molecule has 0 aromatic heterocycles. The van der Waals surface area contributed by atoms with Crippen molar-refractivity contribution in [2.45, 2.75) is 0 Å². The normalized spacial score (nSPS) is 11.0. The van der Waals surface area contributed by atoms with Gasteiger partial charge in [0.1, 0.15) is 0 Å². The minimum absolute atomic E-state index is 0.371. The summed E-state index contributed by atoms with van der Waals surface area (Å²) in [6.07, 6.45) is 0. The summed E-state index contributed by atoms with van der Waals surface area (Å²) in [5.74, 6) is 12.0. The molecule has 0 fully saturated rings. The lowest BCUT2D eigenvalue weighted by Crippen LogP contribution is -2.32. The van der Waals surface area contributed by atoms with Gasteiger partial charge in [-0.15, -0.1) is 0 Å². The molecule has 0 aliphatic carbocycles. The molecule has 0 spiro atoms. The SMILES string of the molecule is COc1ccc(/C(=N/N)NN)cc1OC. The minimum atomic E-state index is 0.371. The molecule has 0 aliphatic rings. The highest BCUT2D eigenvalue weighted by molar-refractivity contribution is 5.98. The Balaban J connectivity index is 3.13. The fourth-order valence-electron chi connectivity index (χ4n) is 1.18. The summed E-state index contributed by atoms with van der Waals surface area (Å²) in [4.78, 5) is 0. The third kappa shape index (κ3) is 2.29. The number of hydrazone groups is 1. The molecule has 0 radical (unpaired) electrons. The molecule has 1 aromatic carbocycles. The molecule has 82 valence electrons. The van der Waals surface area contributed by atoms with Crippen molar-refractivity contribution in [1.82, 2.24) is 5.43 Å². The summed E-state index contributed by atoms with van der Waals surface area (Å²) in [5, 5.41) is 3.49. The van der Waals surface area contributed by atoms with Gasteiger partial charge in [0.15, 0.2) is 17.3 Å². The predicted octanol–water partition coefficient (Wildman–Crippen LogP) is -0.213. The molecule has 0 amide bonds. The first-order valence-corrected chi connectivity index (χ1v) is 4.23. The summed E-state index contributed by atoms with van der Waals surface area (Å²) in [5.41, 5.74) is 3.11. The van der Waals surface area contributed by atoms with Crippen LogP contribution in [0.4, 0.5) is 0 Å². The van der Waals surface area contributed by atoms with E-state index in [0.29, 0.717) is 17.3 Å². The van der Waals surface area contributed by atoms with Crippen molar-refractivity contribution < 1.29 is 9.47 Å². The van der Waals surface area contributed by atoms with Gasteiger partial charge in [0.25, 0.3) is 0 Å². The maximum absolute atomic E-state index is 5.24. The van der Waals surface area contributed by atoms with Crippen molar-refractivity contribution in [1.29, 1.82) is 0 Å². The molecule has 0 atom stereocenters. The summed E-state index contributed by atoms with van der Waals surface area (Å²) in [6.45, 7) is 0. The molecule has 5 N–H and O–H groups in total. The van der Waals surface area contributed by atoms with Gasteiger partial charge in [0, 0.05) is 5.56 Å². The molecular formula is C9H14N4O2. The van der Waals surface area contributed by atoms with Gasteiger partial charge in [-0.1, -0.05) is 0 Å². The van der Waals surface area contributed by atoms with Crippen molar-refractivity contribution in [2.24, 2.45) is 16.8 Å². The lowest BCUT2D eigenvalue weighted by Gasteiger charge is -2.10. The van der Waals surface area contributed by atoms with Crippen LogP contribution in [0.5, 0.6) is 11.5 Å². The number of benzene rings is 1. The van der Waals surface area contributed by atoms with Crippen molar-refractivity contribution in [3.8, 4) is 11.5 Å². The third-order valence-electron chi connectivity index (χ3n) is 1.92. The van der Waals surface area contributed by atoms with Crippen LogP contribution in [0.2, 0.25) is 0 Å². The molecule has 0 bridgehead atoms. The Hall–Kier alpha value is -1.95. The van der Waals surface area contributed by atoms with Gasteiger partial charge in [-0.2, -0.15) is 5.10 Å². The monoisotopic (exact) mass is 210 g/mol. The van der Waals surface area contributed by atoms with E-state index in [1.54, 1.807) is 32.4 Å². The number of amidine groups is 1. The fourth-order valence-corrected chi connectivity index (χ4v) is 1.18. The van der Waals surface area contributed by atoms with E-state index in [-0.39, 0.29) is 0 Å². The fraction of sp³-hybridized carbons (Fsp3) is 0.222. The largest absolute Gasteiger partial charge is 0.493 e. The molecule has 6 heteroatoms. The van der Waals surface area contributed by atoms with Gasteiger partial charge in [-0.05, 0) is 18.2 Å². The van der Waals surface area contributed by atoms with E-state index < -0.39 is 0 Å². The molecule has 1 aromatic rings. The molecule has 15 heavy (non-hydrogen) atoms. The quantitative estimate of drug-likeness (QED) is 0.277. The van der Waals surface area contributed by atoms with E-state index in [2.05, 4.69) is 10.5 Å². The zero-order valence-corrected chi connectivity index (χ0v) is 8.65. The van der Waals surface area contributed by atoms with Crippen molar-refractivity contribution >= 4 is 5.84 Å². The van der Waals surface area contributed by atoms with Crippen LogP contribution in [0.15, 0.2) is 23.3 Å². The Morgan fingerprint density at radius 3 is 2.40 bits per heavy atom. The third-order valence-corrected chi connectivity index (χ3v) is 1.92. The maximum Gasteiger partial charge on any atom is 0.166 e. The van der Waals surface area contributed by atoms with Crippen molar-refractivity contribution in [3.05, 3.63) is 23.8 Å². The second-order valence-corrected chi connectivity index (χ2v) is 2.69. The first-order chi connectivity index (χ1) is 7.26. The van der Waals surface area contributed by atoms with Crippen LogP contribution in [0, 0.1) is 0 Å². The Bertz CT molecular complexity index is 365. The van der Waals surface area contributed by atoms with Crippen LogP contribution in [0.25, 0.3) is 0 Å². The molecule has 0 aliphatic heterocycles. The van der Waals surface area contributed by atoms with Gasteiger partial charge < -0.3 is 20.7 Å². The van der Waals surface area contributed by atoms with Crippen LogP contribution in [0.1, 0.15) is 5.56 Å². The zero-order valence-electron chi connectivity index (χ0n) is 8.65. The van der Waals surface area contributed by atoms with Gasteiger partial charge in [0.2, 0.25) is 0 Å². The number of hydrazine groups is 1. The first kappa shape index (κ1) is 11.1. The van der Waals surface area contributed by atoms with E-state index in [9.17, 15) is 0 Å². The molecule has 0 unspecified atom stereocenters. The summed E-state index contributed by atoms with van der Waals surface area (Å²) in [7, 11) is 3.12. The molecule has 0 heterocycles. The number of nitrogens with one attached hydrogen (secondary N) is 1. The lowest BCUT2D eigenvalue weighted by molar-refractivity contribution is 0.355. The Morgan fingerprint density at radius 1 is 1.27 bits per heavy atom. The number of hydrogen-bond acceptors (Lipinski definition) is 5. The van der Waals surface area contributed by atoms with E-state index in [4.69, 9.17) is 21.2 Å². The first-order valence-electron chi connectivity index (χ1n) is 4.23. The highest BCUT2D eigenvalue weighted by Gasteiger charge is 2.07. The Labute approximate surface area is 87.8 Å². The molecule has 0 saturated heterocycles. The average Bonchev–Trinajstić information content (AvgIpc) is 2.30. The summed E-state index contributed by atoms with van der Waals surface area (Å²) < 4.78 is 10.2. The Morgan fingerprint density at radius 2 is 1.93 bits per heavy atom. The predicted molar refractivity (Wildman–Crippen MR) is 57.6 cm³/mol. The molecular weight excluding hydrogens is 196 g/mol. The van der Waals surface area contributed by atoms with Crippen molar-refractivity contribution in [2.75, 3.05) is 14.2 Å². The average molecular weight is 210 g/mol. The molecule has 0 saturated carbocycles. The number of nitrogens with two attached hydrogens (primary N) is 2. The molecule has 6 nitrogen and oxygen atoms in total. The van der Waals surface area contributed by atoms with Crippen LogP contribution < -0.4 is 26.6 Å². The second-order valence-electron chi connectivity index (χ2n) is 2.69. The van der Waals surface area contributed by atoms with Crippen LogP contribution in [-0.4, -0.2) is 20.1 Å². The summed E-state index contributed by atoms with van der Waals surface area (Å²) in [6, 6.07) is 5.24. The van der Waals surface area contributed by atoms with Crippen LogP contribution >= 0.6 is 0 Å². The van der Waals surface area contributed by atoms with Crippen molar-refractivity contribution in [3.63, 3.8) is 0 Å². The Kier molecular flexibility index (Phi) is 3.75. The van der Waals surface area contributed by atoms with E-state index >= 15 is 0 Å². The van der Waals surface area contributed by atoms with Crippen LogP contribution in [-0.2, 0) is 0 Å². The minimum Gasteiger partial charge on any atom is -0.493 e. The number of methoxy groups -OCH3 is 2. The number of rotatable bonds is 3. The highest BCUT2D eigenvalue weighted by atomic mass is 16.5. The van der Waals surface area contributed by atoms with E-state index in [0.717, 1.165) is 5.56 Å². The van der Waals surface area contributed by atoms with Crippen LogP contribution in [0.3, 0.4) is 0 Å². The van der Waals surface area contributed by atoms with Gasteiger partial charge >= 0.3 is 0 Å². The van der Waals surface area contributed by atoms with E-state index in [1.165, 1.54) is 0 Å². The van der Waals surface area contributed by atoms with E-state index in [1.807, 2.05) is 0 Å². The lowest BCUT2D eigenvalue weighted by atomic mass is 10.2. The second kappa shape index (κ2) is 5.06. The highest BCUT2D eigenvalue weighted by Crippen LogP contribution is 2.27. The van der Waals surface area contributed by atoms with Gasteiger partial charge in [-0.3, -0.25) is 0 Å².